The first-order valence-corrected chi connectivity index (χ1v) is 7.62. The lowest BCUT2D eigenvalue weighted by Crippen LogP contribution is -2.25. The molecule has 0 radical (unpaired) electrons. The van der Waals surface area contributed by atoms with E-state index in [4.69, 9.17) is 16.3 Å². The van der Waals surface area contributed by atoms with Crippen molar-refractivity contribution in [1.29, 1.82) is 0 Å². The van der Waals surface area contributed by atoms with E-state index in [-0.39, 0.29) is 12.5 Å². The third kappa shape index (κ3) is 5.11. The molecule has 0 aromatic heterocycles. The summed E-state index contributed by atoms with van der Waals surface area (Å²) >= 11 is 5.79. The Hall–Kier alpha value is -2.33. The van der Waals surface area contributed by atoms with Gasteiger partial charge in [-0.15, -0.1) is 0 Å². The van der Waals surface area contributed by atoms with Gasteiger partial charge in [-0.3, -0.25) is 4.79 Å². The maximum Gasteiger partial charge on any atom is 0.277 e. The van der Waals surface area contributed by atoms with Crippen LogP contribution in [0.15, 0.2) is 47.6 Å². The number of hydrogen-bond donors (Lipinski definition) is 1. The van der Waals surface area contributed by atoms with E-state index in [1.165, 1.54) is 11.1 Å². The highest BCUT2D eigenvalue weighted by Gasteiger charge is 2.04. The molecule has 4 nitrogen and oxygen atoms in total. The molecule has 1 amide bonds. The smallest absolute Gasteiger partial charge is 0.277 e. The van der Waals surface area contributed by atoms with E-state index in [0.29, 0.717) is 10.8 Å². The molecule has 2 rings (SSSR count). The Morgan fingerprint density at radius 3 is 2.48 bits per heavy atom. The Morgan fingerprint density at radius 2 is 1.83 bits per heavy atom. The number of amides is 1. The molecule has 0 atom stereocenters. The second kappa shape index (κ2) is 7.79. The van der Waals surface area contributed by atoms with Crippen LogP contribution in [0.2, 0.25) is 5.02 Å². The summed E-state index contributed by atoms with van der Waals surface area (Å²) in [6.07, 6.45) is 0. The van der Waals surface area contributed by atoms with Gasteiger partial charge in [-0.05, 0) is 67.8 Å². The zero-order chi connectivity index (χ0) is 16.8. The van der Waals surface area contributed by atoms with Crippen LogP contribution in [-0.4, -0.2) is 18.2 Å². The summed E-state index contributed by atoms with van der Waals surface area (Å²) in [5.74, 6) is 0.266. The van der Waals surface area contributed by atoms with E-state index in [2.05, 4.69) is 17.5 Å². The second-order valence-corrected chi connectivity index (χ2v) is 5.71. The minimum atomic E-state index is -0.317. The van der Waals surface area contributed by atoms with Crippen LogP contribution in [0.25, 0.3) is 0 Å². The molecular weight excluding hydrogens is 312 g/mol. The highest BCUT2D eigenvalue weighted by molar-refractivity contribution is 6.30. The summed E-state index contributed by atoms with van der Waals surface area (Å²) < 4.78 is 5.36. The van der Waals surface area contributed by atoms with E-state index in [9.17, 15) is 4.79 Å². The van der Waals surface area contributed by atoms with E-state index < -0.39 is 0 Å². The van der Waals surface area contributed by atoms with Gasteiger partial charge in [0.25, 0.3) is 5.91 Å². The molecule has 0 saturated carbocycles. The first kappa shape index (κ1) is 17.0. The fourth-order valence-corrected chi connectivity index (χ4v) is 2.02. The monoisotopic (exact) mass is 330 g/mol. The van der Waals surface area contributed by atoms with Crippen molar-refractivity contribution in [1.82, 2.24) is 5.43 Å². The molecule has 0 unspecified atom stereocenters. The van der Waals surface area contributed by atoms with E-state index in [0.717, 1.165) is 11.3 Å². The molecule has 0 heterocycles. The minimum Gasteiger partial charge on any atom is -0.484 e. The Balaban J connectivity index is 1.89. The molecular formula is C18H19ClN2O2. The summed E-state index contributed by atoms with van der Waals surface area (Å²) in [4.78, 5) is 11.8. The van der Waals surface area contributed by atoms with Crippen molar-refractivity contribution in [3.63, 3.8) is 0 Å². The van der Waals surface area contributed by atoms with Crippen LogP contribution in [0.5, 0.6) is 5.75 Å². The zero-order valence-electron chi connectivity index (χ0n) is 13.4. The molecule has 0 aliphatic rings. The number of nitrogens with one attached hydrogen (secondary N) is 1. The average molecular weight is 331 g/mol. The highest BCUT2D eigenvalue weighted by atomic mass is 35.5. The van der Waals surface area contributed by atoms with Crippen molar-refractivity contribution in [2.75, 3.05) is 6.61 Å². The van der Waals surface area contributed by atoms with Gasteiger partial charge in [-0.25, -0.2) is 5.43 Å². The van der Waals surface area contributed by atoms with Crippen LogP contribution in [0.4, 0.5) is 0 Å². The number of halogens is 1. The van der Waals surface area contributed by atoms with Crippen LogP contribution in [0.1, 0.15) is 23.6 Å². The fourth-order valence-electron chi connectivity index (χ4n) is 1.89. The number of carbonyl (C=O) groups excluding carboxylic acids is 1. The van der Waals surface area contributed by atoms with Crippen molar-refractivity contribution in [2.24, 2.45) is 5.10 Å². The first-order valence-electron chi connectivity index (χ1n) is 7.25. The van der Waals surface area contributed by atoms with Gasteiger partial charge < -0.3 is 4.74 Å². The minimum absolute atomic E-state index is 0.106. The Kier molecular flexibility index (Phi) is 5.77. The summed E-state index contributed by atoms with van der Waals surface area (Å²) in [7, 11) is 0. The molecule has 0 saturated heterocycles. The van der Waals surface area contributed by atoms with E-state index in [1.54, 1.807) is 24.3 Å². The molecule has 0 aliphatic carbocycles. The van der Waals surface area contributed by atoms with Crippen molar-refractivity contribution in [3.05, 3.63) is 64.2 Å². The van der Waals surface area contributed by atoms with Crippen LogP contribution < -0.4 is 10.2 Å². The van der Waals surface area contributed by atoms with Gasteiger partial charge in [0.2, 0.25) is 0 Å². The van der Waals surface area contributed by atoms with Gasteiger partial charge in [0.15, 0.2) is 6.61 Å². The molecule has 1 N–H and O–H groups in total. The normalized spacial score (nSPS) is 11.2. The van der Waals surface area contributed by atoms with Crippen molar-refractivity contribution >= 4 is 23.2 Å². The summed E-state index contributed by atoms with van der Waals surface area (Å²) in [6.45, 7) is 5.85. The fraction of sp³-hybridized carbons (Fsp3) is 0.222. The Morgan fingerprint density at radius 1 is 1.13 bits per heavy atom. The average Bonchev–Trinajstić information content (AvgIpc) is 2.54. The quantitative estimate of drug-likeness (QED) is 0.668. The van der Waals surface area contributed by atoms with Gasteiger partial charge in [0, 0.05) is 5.02 Å². The van der Waals surface area contributed by atoms with Gasteiger partial charge in [0.1, 0.15) is 5.75 Å². The summed E-state index contributed by atoms with van der Waals surface area (Å²) in [5, 5.41) is 4.73. The third-order valence-electron chi connectivity index (χ3n) is 3.46. The van der Waals surface area contributed by atoms with Crippen LogP contribution in [0, 0.1) is 13.8 Å². The number of aryl methyl sites for hydroxylation is 2. The Bertz CT molecular complexity index is 724. The van der Waals surface area contributed by atoms with Crippen LogP contribution in [-0.2, 0) is 4.79 Å². The predicted molar refractivity (Wildman–Crippen MR) is 93.2 cm³/mol. The molecule has 5 heteroatoms. The third-order valence-corrected chi connectivity index (χ3v) is 3.71. The van der Waals surface area contributed by atoms with Gasteiger partial charge >= 0.3 is 0 Å². The molecule has 0 bridgehead atoms. The second-order valence-electron chi connectivity index (χ2n) is 5.27. The maximum atomic E-state index is 11.8. The SMILES string of the molecule is CC(=NNC(=O)COc1ccc(Cl)cc1)c1ccc(C)c(C)c1. The highest BCUT2D eigenvalue weighted by Crippen LogP contribution is 2.15. The van der Waals surface area contributed by atoms with E-state index >= 15 is 0 Å². The summed E-state index contributed by atoms with van der Waals surface area (Å²) in [5.41, 5.74) is 6.63. The van der Waals surface area contributed by atoms with Gasteiger partial charge in [-0.1, -0.05) is 23.7 Å². The van der Waals surface area contributed by atoms with Crippen molar-refractivity contribution in [3.8, 4) is 5.75 Å². The maximum absolute atomic E-state index is 11.8. The molecule has 0 aliphatic heterocycles. The van der Waals surface area contributed by atoms with Crippen molar-refractivity contribution < 1.29 is 9.53 Å². The number of hydrazone groups is 1. The summed E-state index contributed by atoms with van der Waals surface area (Å²) in [6, 6.07) is 12.9. The number of nitrogens with zero attached hydrogens (tertiary/aromatic N) is 1. The molecule has 0 spiro atoms. The lowest BCUT2D eigenvalue weighted by molar-refractivity contribution is -0.123. The number of ether oxygens (including phenoxy) is 1. The van der Waals surface area contributed by atoms with Crippen LogP contribution in [0.3, 0.4) is 0 Å². The van der Waals surface area contributed by atoms with Gasteiger partial charge in [0.05, 0.1) is 5.71 Å². The molecule has 23 heavy (non-hydrogen) atoms. The molecule has 2 aromatic rings. The Labute approximate surface area is 141 Å². The lowest BCUT2D eigenvalue weighted by Gasteiger charge is -2.07. The number of rotatable bonds is 5. The lowest BCUT2D eigenvalue weighted by atomic mass is 10.0. The van der Waals surface area contributed by atoms with Crippen LogP contribution >= 0.6 is 11.6 Å². The predicted octanol–water partition coefficient (Wildman–Crippen LogP) is 3.88. The van der Waals surface area contributed by atoms with E-state index in [1.807, 2.05) is 32.0 Å². The number of benzene rings is 2. The topological polar surface area (TPSA) is 50.7 Å². The van der Waals surface area contributed by atoms with Crippen molar-refractivity contribution in [2.45, 2.75) is 20.8 Å². The number of hydrogen-bond acceptors (Lipinski definition) is 3. The molecule has 2 aromatic carbocycles. The standard InChI is InChI=1S/C18H19ClN2O2/c1-12-4-5-15(10-13(12)2)14(3)20-21-18(22)11-23-17-8-6-16(19)7-9-17/h4-10H,11H2,1-3H3,(H,21,22). The van der Waals surface area contributed by atoms with Gasteiger partial charge in [-0.2, -0.15) is 5.10 Å². The molecule has 120 valence electrons. The molecule has 0 fully saturated rings. The zero-order valence-corrected chi connectivity index (χ0v) is 14.1. The number of carbonyl (C=O) groups is 1. The first-order chi connectivity index (χ1) is 11.0. The largest absolute Gasteiger partial charge is 0.484 e.